The Balaban J connectivity index is 2.34. The highest BCUT2D eigenvalue weighted by molar-refractivity contribution is 5.88. The van der Waals surface area contributed by atoms with Gasteiger partial charge in [-0.25, -0.2) is 0 Å². The summed E-state index contributed by atoms with van der Waals surface area (Å²) in [6.45, 7) is 4.36. The summed E-state index contributed by atoms with van der Waals surface area (Å²) in [6.07, 6.45) is 2.49. The lowest BCUT2D eigenvalue weighted by Crippen LogP contribution is -2.24. The van der Waals surface area contributed by atoms with Gasteiger partial charge in [0.2, 0.25) is 0 Å². The van der Waals surface area contributed by atoms with Crippen LogP contribution in [0.5, 0.6) is 0 Å². The number of carboxylic acid groups (broad SMARTS) is 1. The molecule has 2 rings (SSSR count). The van der Waals surface area contributed by atoms with E-state index in [4.69, 9.17) is 4.74 Å². The summed E-state index contributed by atoms with van der Waals surface area (Å²) in [5.41, 5.74) is 1.92. The normalized spacial score (nSPS) is 18.5. The summed E-state index contributed by atoms with van der Waals surface area (Å²) in [7, 11) is 0. The molecular weight excluding hydrogens is 192 g/mol. The van der Waals surface area contributed by atoms with Gasteiger partial charge < -0.3 is 14.6 Å². The molecule has 0 aliphatic carbocycles. The van der Waals surface area contributed by atoms with Gasteiger partial charge in [-0.15, -0.1) is 0 Å². The van der Waals surface area contributed by atoms with E-state index >= 15 is 0 Å². The number of epoxide rings is 1. The quantitative estimate of drug-likeness (QED) is 0.674. The predicted octanol–water partition coefficient (Wildman–Crippen LogP) is 0.634. The van der Waals surface area contributed by atoms with E-state index in [1.54, 1.807) is 18.2 Å². The number of hydrogen-bond donors (Lipinski definition) is 0. The average Bonchev–Trinajstić information content (AvgIpc) is 3.01. The summed E-state index contributed by atoms with van der Waals surface area (Å²) >= 11 is 0. The van der Waals surface area contributed by atoms with Gasteiger partial charge in [-0.3, -0.25) is 0 Å². The van der Waals surface area contributed by atoms with Crippen molar-refractivity contribution >= 4 is 12.0 Å². The van der Waals surface area contributed by atoms with Gasteiger partial charge in [-0.05, 0) is 11.1 Å². The first kappa shape index (κ1) is 9.93. The van der Waals surface area contributed by atoms with Crippen LogP contribution in [-0.4, -0.2) is 18.7 Å². The molecule has 0 aromatic heterocycles. The topological polar surface area (TPSA) is 52.7 Å². The van der Waals surface area contributed by atoms with Crippen LogP contribution in [-0.2, 0) is 11.2 Å². The van der Waals surface area contributed by atoms with Crippen molar-refractivity contribution in [2.75, 3.05) is 6.61 Å². The first-order chi connectivity index (χ1) is 7.20. The largest absolute Gasteiger partial charge is 0.545 e. The maximum absolute atomic E-state index is 10.8. The van der Waals surface area contributed by atoms with E-state index in [2.05, 4.69) is 6.58 Å². The maximum Gasteiger partial charge on any atom is 0.0850 e. The third-order valence-electron chi connectivity index (χ3n) is 2.43. The molecule has 1 unspecified atom stereocenters. The van der Waals surface area contributed by atoms with E-state index in [1.807, 2.05) is 6.07 Å². The molecule has 0 spiro atoms. The lowest BCUT2D eigenvalue weighted by atomic mass is 10.00. The first-order valence-corrected chi connectivity index (χ1v) is 4.79. The van der Waals surface area contributed by atoms with Gasteiger partial charge in [0.25, 0.3) is 0 Å². The Bertz CT molecular complexity index is 405. The highest BCUT2D eigenvalue weighted by Crippen LogP contribution is 2.20. The minimum absolute atomic E-state index is 0.170. The molecule has 1 aromatic carbocycles. The van der Waals surface area contributed by atoms with Gasteiger partial charge in [0.05, 0.1) is 18.7 Å². The molecule has 1 aliphatic rings. The van der Waals surface area contributed by atoms with Gasteiger partial charge in [-0.2, -0.15) is 0 Å². The van der Waals surface area contributed by atoms with E-state index in [-0.39, 0.29) is 11.7 Å². The third-order valence-corrected chi connectivity index (χ3v) is 2.43. The van der Waals surface area contributed by atoms with Crippen LogP contribution in [0.25, 0.3) is 6.08 Å². The molecule has 0 saturated carbocycles. The van der Waals surface area contributed by atoms with Crippen LogP contribution in [0.15, 0.2) is 24.8 Å². The van der Waals surface area contributed by atoms with E-state index in [0.717, 1.165) is 11.1 Å². The molecule has 0 bridgehead atoms. The van der Waals surface area contributed by atoms with E-state index < -0.39 is 5.97 Å². The van der Waals surface area contributed by atoms with Crippen molar-refractivity contribution < 1.29 is 14.6 Å². The van der Waals surface area contributed by atoms with E-state index in [1.165, 1.54) is 0 Å². The standard InChI is InChI=1S/C12H12O3/c1-2-8-3-4-11(12(13)14)9(5-8)6-10-7-15-10/h2-5,10H,1,6-7H2,(H,13,14)/p-1. The number of carbonyl (C=O) groups is 1. The lowest BCUT2D eigenvalue weighted by Gasteiger charge is -2.10. The molecule has 78 valence electrons. The second-order valence-corrected chi connectivity index (χ2v) is 3.57. The summed E-state index contributed by atoms with van der Waals surface area (Å²) in [5, 5.41) is 10.8. The molecule has 1 fully saturated rings. The third kappa shape index (κ3) is 2.25. The molecule has 0 N–H and O–H groups in total. The minimum atomic E-state index is -1.14. The molecule has 15 heavy (non-hydrogen) atoms. The smallest absolute Gasteiger partial charge is 0.0850 e. The molecule has 3 heteroatoms. The zero-order valence-corrected chi connectivity index (χ0v) is 8.23. The lowest BCUT2D eigenvalue weighted by molar-refractivity contribution is -0.255. The highest BCUT2D eigenvalue weighted by Gasteiger charge is 2.23. The van der Waals surface area contributed by atoms with Gasteiger partial charge in [0.15, 0.2) is 0 Å². The molecule has 1 atom stereocenters. The Hall–Kier alpha value is -1.61. The van der Waals surface area contributed by atoms with E-state index in [9.17, 15) is 9.90 Å². The predicted molar refractivity (Wildman–Crippen MR) is 54.3 cm³/mol. The fourth-order valence-electron chi connectivity index (χ4n) is 1.54. The summed E-state index contributed by atoms with van der Waals surface area (Å²) < 4.78 is 5.08. The first-order valence-electron chi connectivity index (χ1n) is 4.79. The van der Waals surface area contributed by atoms with Crippen LogP contribution in [0.3, 0.4) is 0 Å². The zero-order chi connectivity index (χ0) is 10.8. The number of carboxylic acids is 1. The van der Waals surface area contributed by atoms with Crippen molar-refractivity contribution in [3.8, 4) is 0 Å². The molecule has 0 radical (unpaired) electrons. The monoisotopic (exact) mass is 203 g/mol. The van der Waals surface area contributed by atoms with Crippen LogP contribution >= 0.6 is 0 Å². The summed E-state index contributed by atoms with van der Waals surface area (Å²) in [6, 6.07) is 5.10. The number of rotatable bonds is 4. The fourth-order valence-corrected chi connectivity index (χ4v) is 1.54. The molecular formula is C12H11O3-. The number of hydrogen-bond acceptors (Lipinski definition) is 3. The van der Waals surface area contributed by atoms with Crippen LogP contribution in [0.4, 0.5) is 0 Å². The number of aromatic carboxylic acids is 1. The second kappa shape index (κ2) is 3.87. The van der Waals surface area contributed by atoms with Crippen molar-refractivity contribution in [1.82, 2.24) is 0 Å². The van der Waals surface area contributed by atoms with Crippen molar-refractivity contribution in [3.63, 3.8) is 0 Å². The number of carbonyl (C=O) groups excluding carboxylic acids is 1. The van der Waals surface area contributed by atoms with Gasteiger partial charge in [0, 0.05) is 12.0 Å². The molecule has 1 saturated heterocycles. The highest BCUT2D eigenvalue weighted by atomic mass is 16.6. The van der Waals surface area contributed by atoms with E-state index in [0.29, 0.717) is 13.0 Å². The van der Waals surface area contributed by atoms with Crippen LogP contribution in [0.1, 0.15) is 21.5 Å². The van der Waals surface area contributed by atoms with Gasteiger partial charge >= 0.3 is 0 Å². The Morgan fingerprint density at radius 2 is 2.40 bits per heavy atom. The average molecular weight is 203 g/mol. The fraction of sp³-hybridized carbons (Fsp3) is 0.250. The minimum Gasteiger partial charge on any atom is -0.545 e. The number of ether oxygens (including phenoxy) is 1. The Morgan fingerprint density at radius 3 is 2.93 bits per heavy atom. The van der Waals surface area contributed by atoms with Crippen LogP contribution in [0, 0.1) is 0 Å². The summed E-state index contributed by atoms with van der Waals surface area (Å²) in [4.78, 5) is 10.8. The zero-order valence-electron chi connectivity index (χ0n) is 8.23. The second-order valence-electron chi connectivity index (χ2n) is 3.57. The van der Waals surface area contributed by atoms with Crippen LogP contribution < -0.4 is 5.11 Å². The van der Waals surface area contributed by atoms with Gasteiger partial charge in [-0.1, -0.05) is 30.9 Å². The Morgan fingerprint density at radius 1 is 1.67 bits per heavy atom. The van der Waals surface area contributed by atoms with Crippen molar-refractivity contribution in [2.45, 2.75) is 12.5 Å². The Kier molecular flexibility index (Phi) is 2.56. The van der Waals surface area contributed by atoms with Crippen molar-refractivity contribution in [2.24, 2.45) is 0 Å². The van der Waals surface area contributed by atoms with Crippen LogP contribution in [0.2, 0.25) is 0 Å². The molecule has 1 aliphatic heterocycles. The SMILES string of the molecule is C=Cc1ccc(C(=O)[O-])c(CC2CO2)c1. The molecule has 0 amide bonds. The maximum atomic E-state index is 10.8. The molecule has 3 nitrogen and oxygen atoms in total. The van der Waals surface area contributed by atoms with Crippen molar-refractivity contribution in [1.29, 1.82) is 0 Å². The molecule has 1 aromatic rings. The van der Waals surface area contributed by atoms with Gasteiger partial charge in [0.1, 0.15) is 0 Å². The summed E-state index contributed by atoms with van der Waals surface area (Å²) in [5.74, 6) is -1.14. The van der Waals surface area contributed by atoms with Crippen molar-refractivity contribution in [3.05, 3.63) is 41.5 Å². The number of benzene rings is 1. The molecule has 1 heterocycles. The Labute approximate surface area is 88.0 Å².